The molecule has 0 aliphatic carbocycles. The van der Waals surface area contributed by atoms with Gasteiger partial charge < -0.3 is 20.2 Å². The molecule has 0 bridgehead atoms. The van der Waals surface area contributed by atoms with Crippen LogP contribution < -0.4 is 5.32 Å². The van der Waals surface area contributed by atoms with E-state index >= 15 is 0 Å². The molecular weight excluding hydrogens is 260 g/mol. The maximum absolute atomic E-state index is 11.9. The second kappa shape index (κ2) is 8.76. The van der Waals surface area contributed by atoms with Crippen LogP contribution >= 0.6 is 0 Å². The number of nitrogens with zero attached hydrogens (tertiary/aromatic N) is 3. The van der Waals surface area contributed by atoms with Crippen molar-refractivity contribution in [2.75, 3.05) is 60.0 Å². The Morgan fingerprint density at radius 1 is 1.15 bits per heavy atom. The fourth-order valence-electron chi connectivity index (χ4n) is 2.09. The zero-order valence-corrected chi connectivity index (χ0v) is 12.5. The van der Waals surface area contributed by atoms with Crippen LogP contribution in [0, 0.1) is 0 Å². The number of carbonyl (C=O) groups is 2. The van der Waals surface area contributed by atoms with Gasteiger partial charge in [0, 0.05) is 46.9 Å². The molecule has 7 heteroatoms. The van der Waals surface area contributed by atoms with Crippen molar-refractivity contribution in [2.24, 2.45) is 0 Å². The second-order valence-corrected chi connectivity index (χ2v) is 5.21. The van der Waals surface area contributed by atoms with Crippen LogP contribution in [0.1, 0.15) is 12.8 Å². The maximum atomic E-state index is 11.9. The number of piperazine rings is 1. The van der Waals surface area contributed by atoms with Gasteiger partial charge in [-0.3, -0.25) is 9.69 Å². The van der Waals surface area contributed by atoms with Gasteiger partial charge in [-0.05, 0) is 19.4 Å². The average molecular weight is 286 g/mol. The number of urea groups is 1. The van der Waals surface area contributed by atoms with E-state index < -0.39 is 0 Å². The zero-order chi connectivity index (χ0) is 15.0. The van der Waals surface area contributed by atoms with Crippen molar-refractivity contribution in [3.8, 4) is 0 Å². The van der Waals surface area contributed by atoms with Crippen molar-refractivity contribution in [3.05, 3.63) is 0 Å². The molecule has 1 heterocycles. The maximum Gasteiger partial charge on any atom is 0.317 e. The molecule has 0 aromatic carbocycles. The number of hydrogen-bond acceptors (Lipinski definition) is 4. The Balaban J connectivity index is 2.20. The van der Waals surface area contributed by atoms with E-state index in [0.29, 0.717) is 13.1 Å². The Hall–Kier alpha value is -1.34. The molecule has 0 radical (unpaired) electrons. The Bertz CT molecular complexity index is 315. The first kappa shape index (κ1) is 16.7. The quantitative estimate of drug-likeness (QED) is 0.625. The van der Waals surface area contributed by atoms with Gasteiger partial charge in [-0.25, -0.2) is 4.79 Å². The molecule has 0 aromatic heterocycles. The molecule has 0 spiro atoms. The van der Waals surface area contributed by atoms with Gasteiger partial charge in [-0.2, -0.15) is 0 Å². The number of rotatable bonds is 6. The van der Waals surface area contributed by atoms with Crippen molar-refractivity contribution < 1.29 is 14.7 Å². The van der Waals surface area contributed by atoms with Gasteiger partial charge in [-0.1, -0.05) is 0 Å². The second-order valence-electron chi connectivity index (χ2n) is 5.21. The van der Waals surface area contributed by atoms with Crippen LogP contribution in [0.4, 0.5) is 4.79 Å². The fraction of sp³-hybridized carbons (Fsp3) is 0.846. The monoisotopic (exact) mass is 286 g/mol. The minimum absolute atomic E-state index is 0.0322. The van der Waals surface area contributed by atoms with Crippen LogP contribution in [-0.4, -0.2) is 91.7 Å². The summed E-state index contributed by atoms with van der Waals surface area (Å²) in [6.45, 7) is 4.40. The first-order valence-electron chi connectivity index (χ1n) is 7.10. The van der Waals surface area contributed by atoms with Crippen LogP contribution in [0.2, 0.25) is 0 Å². The number of aliphatic hydroxyl groups is 1. The Morgan fingerprint density at radius 3 is 2.35 bits per heavy atom. The highest BCUT2D eigenvalue weighted by Gasteiger charge is 2.20. The third-order valence-corrected chi connectivity index (χ3v) is 3.40. The number of nitrogens with one attached hydrogen (secondary N) is 1. The summed E-state index contributed by atoms with van der Waals surface area (Å²) in [7, 11) is 3.29. The molecule has 1 saturated heterocycles. The van der Waals surface area contributed by atoms with Gasteiger partial charge in [0.2, 0.25) is 5.91 Å². The van der Waals surface area contributed by atoms with E-state index in [0.717, 1.165) is 32.5 Å². The molecule has 3 amide bonds. The van der Waals surface area contributed by atoms with Crippen LogP contribution in [0.15, 0.2) is 0 Å². The average Bonchev–Trinajstić information content (AvgIpc) is 2.45. The molecule has 2 N–H and O–H groups in total. The summed E-state index contributed by atoms with van der Waals surface area (Å²) < 4.78 is 0. The molecule has 1 rings (SSSR count). The van der Waals surface area contributed by atoms with E-state index in [4.69, 9.17) is 5.11 Å². The lowest BCUT2D eigenvalue weighted by atomic mass is 10.2. The summed E-state index contributed by atoms with van der Waals surface area (Å²) in [4.78, 5) is 28.8. The molecule has 0 unspecified atom stereocenters. The van der Waals surface area contributed by atoms with Crippen molar-refractivity contribution >= 4 is 11.9 Å². The minimum atomic E-state index is -0.249. The van der Waals surface area contributed by atoms with E-state index in [1.807, 2.05) is 0 Å². The lowest BCUT2D eigenvalue weighted by Crippen LogP contribution is -2.51. The molecular formula is C13H26N4O3. The predicted octanol–water partition coefficient (Wildman–Crippen LogP) is -0.826. The first-order valence-corrected chi connectivity index (χ1v) is 7.10. The summed E-state index contributed by atoms with van der Waals surface area (Å²) in [6, 6.07) is -0.249. The van der Waals surface area contributed by atoms with Crippen LogP contribution in [0.5, 0.6) is 0 Å². The molecule has 0 saturated carbocycles. The highest BCUT2D eigenvalue weighted by Crippen LogP contribution is 2.03. The summed E-state index contributed by atoms with van der Waals surface area (Å²) >= 11 is 0. The van der Waals surface area contributed by atoms with Crippen LogP contribution in [-0.2, 0) is 4.79 Å². The first-order chi connectivity index (χ1) is 9.54. The van der Waals surface area contributed by atoms with Gasteiger partial charge in [-0.15, -0.1) is 0 Å². The summed E-state index contributed by atoms with van der Waals surface area (Å²) in [6.07, 6.45) is 1.82. The zero-order valence-electron chi connectivity index (χ0n) is 12.5. The van der Waals surface area contributed by atoms with Crippen LogP contribution in [0.3, 0.4) is 0 Å². The number of unbranched alkanes of at least 4 members (excludes halogenated alkanes) is 1. The molecule has 0 aromatic rings. The molecule has 0 atom stereocenters. The molecule has 20 heavy (non-hydrogen) atoms. The van der Waals surface area contributed by atoms with Crippen molar-refractivity contribution in [1.82, 2.24) is 20.0 Å². The molecule has 1 aliphatic rings. The number of hydrogen-bond donors (Lipinski definition) is 2. The Kier molecular flexibility index (Phi) is 7.32. The molecule has 116 valence electrons. The summed E-state index contributed by atoms with van der Waals surface area (Å²) in [5.74, 6) is -0.0322. The molecule has 7 nitrogen and oxygen atoms in total. The Morgan fingerprint density at radius 2 is 1.80 bits per heavy atom. The highest BCUT2D eigenvalue weighted by molar-refractivity contribution is 5.83. The van der Waals surface area contributed by atoms with Crippen molar-refractivity contribution in [2.45, 2.75) is 12.8 Å². The van der Waals surface area contributed by atoms with Gasteiger partial charge >= 0.3 is 6.03 Å². The number of aliphatic hydroxyl groups excluding tert-OH is 1. The van der Waals surface area contributed by atoms with E-state index in [9.17, 15) is 9.59 Å². The van der Waals surface area contributed by atoms with E-state index in [2.05, 4.69) is 10.2 Å². The lowest BCUT2D eigenvalue weighted by molar-refractivity contribution is -0.131. The lowest BCUT2D eigenvalue weighted by Gasteiger charge is -2.34. The molecule has 1 fully saturated rings. The SMILES string of the molecule is CN(C)C(=O)NCC(=O)N1CCN(CCCCO)CC1. The smallest absolute Gasteiger partial charge is 0.317 e. The standard InChI is InChI=1S/C13H26N4O3/c1-15(2)13(20)14-11-12(19)17-8-6-16(7-9-17)5-3-4-10-18/h18H,3-11H2,1-2H3,(H,14,20). The van der Waals surface area contributed by atoms with Gasteiger partial charge in [0.1, 0.15) is 0 Å². The van der Waals surface area contributed by atoms with E-state index in [-0.39, 0.29) is 25.1 Å². The third-order valence-electron chi connectivity index (χ3n) is 3.40. The number of amides is 3. The largest absolute Gasteiger partial charge is 0.396 e. The van der Waals surface area contributed by atoms with Gasteiger partial charge in [0.15, 0.2) is 0 Å². The normalized spacial score (nSPS) is 16.1. The summed E-state index contributed by atoms with van der Waals surface area (Å²) in [5.41, 5.74) is 0. The van der Waals surface area contributed by atoms with Gasteiger partial charge in [0.05, 0.1) is 6.54 Å². The number of carbonyl (C=O) groups excluding carboxylic acids is 2. The van der Waals surface area contributed by atoms with E-state index in [1.165, 1.54) is 4.90 Å². The molecule has 1 aliphatic heterocycles. The summed E-state index contributed by atoms with van der Waals surface area (Å²) in [5, 5.41) is 11.3. The van der Waals surface area contributed by atoms with Gasteiger partial charge in [0.25, 0.3) is 0 Å². The third kappa shape index (κ3) is 5.75. The van der Waals surface area contributed by atoms with Crippen molar-refractivity contribution in [1.29, 1.82) is 0 Å². The predicted molar refractivity (Wildman–Crippen MR) is 76.4 cm³/mol. The van der Waals surface area contributed by atoms with E-state index in [1.54, 1.807) is 19.0 Å². The van der Waals surface area contributed by atoms with Crippen LogP contribution in [0.25, 0.3) is 0 Å². The Labute approximate surface area is 120 Å². The highest BCUT2D eigenvalue weighted by atomic mass is 16.3. The fourth-order valence-corrected chi connectivity index (χ4v) is 2.09. The minimum Gasteiger partial charge on any atom is -0.396 e. The van der Waals surface area contributed by atoms with Crippen molar-refractivity contribution in [3.63, 3.8) is 0 Å². The topological polar surface area (TPSA) is 76.1 Å².